The molecule has 0 bridgehead atoms. The SMILES string of the molecule is CC\C=C/C=C\C=C/C=C\CCCCCCCC(=O)OC(COC(=O)CCCCCCC/C=C\C/C=C\CC)COC(=O)CCCCCCCCCCCCCCCCCCCCC. The number of esters is 3. The van der Waals surface area contributed by atoms with Crippen molar-refractivity contribution in [3.8, 4) is 0 Å². The predicted octanol–water partition coefficient (Wildman–Crippen LogP) is 17.8. The third-order valence-corrected chi connectivity index (χ3v) is 11.6. The zero-order valence-electron chi connectivity index (χ0n) is 42.0. The van der Waals surface area contributed by atoms with Gasteiger partial charge < -0.3 is 14.2 Å². The van der Waals surface area contributed by atoms with Crippen LogP contribution in [-0.2, 0) is 28.6 Å². The maximum atomic E-state index is 12.8. The summed E-state index contributed by atoms with van der Waals surface area (Å²) >= 11 is 0. The first kappa shape index (κ1) is 60.9. The van der Waals surface area contributed by atoms with Gasteiger partial charge in [-0.3, -0.25) is 14.4 Å². The quantitative estimate of drug-likeness (QED) is 0.0199. The van der Waals surface area contributed by atoms with Crippen molar-refractivity contribution in [2.24, 2.45) is 0 Å². The van der Waals surface area contributed by atoms with E-state index in [-0.39, 0.29) is 31.1 Å². The van der Waals surface area contributed by atoms with Crippen molar-refractivity contribution in [2.45, 2.75) is 264 Å². The molecular weight excluding hydrogens is 793 g/mol. The molecule has 0 aromatic heterocycles. The highest BCUT2D eigenvalue weighted by Crippen LogP contribution is 2.16. The molecule has 0 aromatic carbocycles. The van der Waals surface area contributed by atoms with E-state index in [4.69, 9.17) is 14.2 Å². The van der Waals surface area contributed by atoms with Gasteiger partial charge in [-0.25, -0.2) is 0 Å². The zero-order valence-corrected chi connectivity index (χ0v) is 42.0. The van der Waals surface area contributed by atoms with Gasteiger partial charge in [0.15, 0.2) is 6.10 Å². The first-order valence-electron chi connectivity index (χ1n) is 27.0. The number of unbranched alkanes of at least 4 members (excludes halogenated alkanes) is 28. The molecule has 0 aromatic rings. The summed E-state index contributed by atoms with van der Waals surface area (Å²) in [6, 6.07) is 0. The summed E-state index contributed by atoms with van der Waals surface area (Å²) < 4.78 is 16.8. The maximum absolute atomic E-state index is 12.8. The van der Waals surface area contributed by atoms with Gasteiger partial charge in [0.1, 0.15) is 13.2 Å². The lowest BCUT2D eigenvalue weighted by molar-refractivity contribution is -0.167. The lowest BCUT2D eigenvalue weighted by atomic mass is 10.0. The monoisotopic (exact) mass is 893 g/mol. The Morgan fingerprint density at radius 1 is 0.344 bits per heavy atom. The molecular formula is C58H100O6. The highest BCUT2D eigenvalue weighted by Gasteiger charge is 2.19. The number of hydrogen-bond donors (Lipinski definition) is 0. The van der Waals surface area contributed by atoms with Gasteiger partial charge in [0.25, 0.3) is 0 Å². The second-order valence-electron chi connectivity index (χ2n) is 17.8. The minimum atomic E-state index is -0.792. The summed E-state index contributed by atoms with van der Waals surface area (Å²) in [5, 5.41) is 0. The molecule has 0 radical (unpaired) electrons. The summed E-state index contributed by atoms with van der Waals surface area (Å²) in [5.41, 5.74) is 0. The average molecular weight is 893 g/mol. The van der Waals surface area contributed by atoms with Crippen molar-refractivity contribution < 1.29 is 28.6 Å². The highest BCUT2D eigenvalue weighted by molar-refractivity contribution is 5.71. The molecule has 1 atom stereocenters. The molecule has 0 fully saturated rings. The summed E-state index contributed by atoms with van der Waals surface area (Å²) in [6.45, 7) is 6.38. The van der Waals surface area contributed by atoms with Crippen molar-refractivity contribution in [1.82, 2.24) is 0 Å². The fourth-order valence-electron chi connectivity index (χ4n) is 7.55. The van der Waals surface area contributed by atoms with Gasteiger partial charge in [0.2, 0.25) is 0 Å². The molecule has 0 N–H and O–H groups in total. The Hall–Kier alpha value is -3.15. The average Bonchev–Trinajstić information content (AvgIpc) is 3.29. The van der Waals surface area contributed by atoms with E-state index in [1.54, 1.807) is 0 Å². The second kappa shape index (κ2) is 52.5. The summed E-state index contributed by atoms with van der Waals surface area (Å²) in [6.07, 6.45) is 66.1. The Kier molecular flexibility index (Phi) is 49.9. The van der Waals surface area contributed by atoms with Crippen LogP contribution in [0.4, 0.5) is 0 Å². The molecule has 0 aliphatic heterocycles. The number of rotatable bonds is 48. The number of allylic oxidation sites excluding steroid dienone is 12. The molecule has 368 valence electrons. The number of carbonyl (C=O) groups excluding carboxylic acids is 3. The van der Waals surface area contributed by atoms with E-state index in [0.29, 0.717) is 19.3 Å². The molecule has 0 amide bonds. The van der Waals surface area contributed by atoms with Gasteiger partial charge in [-0.1, -0.05) is 248 Å². The molecule has 64 heavy (non-hydrogen) atoms. The van der Waals surface area contributed by atoms with Gasteiger partial charge in [-0.15, -0.1) is 0 Å². The molecule has 0 rings (SSSR count). The third kappa shape index (κ3) is 49.9. The molecule has 1 unspecified atom stereocenters. The van der Waals surface area contributed by atoms with Crippen LogP contribution >= 0.6 is 0 Å². The Bertz CT molecular complexity index is 1210. The minimum absolute atomic E-state index is 0.0881. The van der Waals surface area contributed by atoms with Crippen LogP contribution in [0.5, 0.6) is 0 Å². The van der Waals surface area contributed by atoms with Gasteiger partial charge in [-0.2, -0.15) is 0 Å². The van der Waals surface area contributed by atoms with Crippen LogP contribution in [0.3, 0.4) is 0 Å². The van der Waals surface area contributed by atoms with Crippen molar-refractivity contribution >= 4 is 17.9 Å². The smallest absolute Gasteiger partial charge is 0.306 e. The van der Waals surface area contributed by atoms with Crippen LogP contribution in [0, 0.1) is 0 Å². The summed E-state index contributed by atoms with van der Waals surface area (Å²) in [5.74, 6) is -0.921. The van der Waals surface area contributed by atoms with E-state index in [1.807, 2.05) is 18.2 Å². The molecule has 6 heteroatoms. The van der Waals surface area contributed by atoms with Crippen LogP contribution in [0.25, 0.3) is 0 Å². The summed E-state index contributed by atoms with van der Waals surface area (Å²) in [7, 11) is 0. The lowest BCUT2D eigenvalue weighted by Gasteiger charge is -2.18. The zero-order chi connectivity index (χ0) is 46.5. The Morgan fingerprint density at radius 3 is 1.12 bits per heavy atom. The number of ether oxygens (including phenoxy) is 3. The molecule has 0 saturated heterocycles. The van der Waals surface area contributed by atoms with Crippen molar-refractivity contribution in [3.63, 3.8) is 0 Å². The van der Waals surface area contributed by atoms with Crippen molar-refractivity contribution in [3.05, 3.63) is 72.9 Å². The van der Waals surface area contributed by atoms with E-state index in [9.17, 15) is 14.4 Å². The molecule has 0 saturated carbocycles. The fourth-order valence-corrected chi connectivity index (χ4v) is 7.55. The van der Waals surface area contributed by atoms with E-state index >= 15 is 0 Å². The van der Waals surface area contributed by atoms with Gasteiger partial charge in [-0.05, 0) is 64.2 Å². The van der Waals surface area contributed by atoms with Gasteiger partial charge in [0, 0.05) is 19.3 Å². The van der Waals surface area contributed by atoms with Gasteiger partial charge >= 0.3 is 17.9 Å². The first-order chi connectivity index (χ1) is 31.5. The Balaban J connectivity index is 4.36. The fraction of sp³-hybridized carbons (Fsp3) is 0.741. The van der Waals surface area contributed by atoms with Crippen LogP contribution in [0.15, 0.2) is 72.9 Å². The number of hydrogen-bond acceptors (Lipinski definition) is 6. The number of carbonyl (C=O) groups is 3. The van der Waals surface area contributed by atoms with Crippen LogP contribution in [0.2, 0.25) is 0 Å². The molecule has 0 aliphatic carbocycles. The van der Waals surface area contributed by atoms with E-state index in [1.165, 1.54) is 103 Å². The third-order valence-electron chi connectivity index (χ3n) is 11.6. The van der Waals surface area contributed by atoms with Crippen molar-refractivity contribution in [1.29, 1.82) is 0 Å². The second-order valence-corrected chi connectivity index (χ2v) is 17.8. The standard InChI is InChI=1S/C58H100O6/c1-4-7-10-13-16-19-22-25-27-28-29-30-32-33-36-39-42-45-48-51-57(60)63-54-55(53-62-56(59)50-47-44-41-38-35-24-21-18-15-12-9-6-3)64-58(61)52-49-46-43-40-37-34-31-26-23-20-17-14-11-8-5-2/h8-9,11-12,14,17-18,20-21,23,26,31,55H,4-7,10,13,15-16,19,22,24-25,27-30,32-54H2,1-3H3/b11-8-,12-9-,17-14-,21-18-,23-20-,31-26-. The molecule has 0 aliphatic rings. The predicted molar refractivity (Wildman–Crippen MR) is 274 cm³/mol. The van der Waals surface area contributed by atoms with Crippen LogP contribution in [0.1, 0.15) is 258 Å². The van der Waals surface area contributed by atoms with E-state index in [2.05, 4.69) is 75.5 Å². The molecule has 0 heterocycles. The molecule has 0 spiro atoms. The highest BCUT2D eigenvalue weighted by atomic mass is 16.6. The topological polar surface area (TPSA) is 78.9 Å². The van der Waals surface area contributed by atoms with E-state index < -0.39 is 6.10 Å². The van der Waals surface area contributed by atoms with Crippen LogP contribution in [-0.4, -0.2) is 37.2 Å². The first-order valence-corrected chi connectivity index (χ1v) is 27.0. The largest absolute Gasteiger partial charge is 0.462 e. The Morgan fingerprint density at radius 2 is 0.688 bits per heavy atom. The van der Waals surface area contributed by atoms with Crippen LogP contribution < -0.4 is 0 Å². The normalized spacial score (nSPS) is 12.6. The maximum Gasteiger partial charge on any atom is 0.306 e. The van der Waals surface area contributed by atoms with Gasteiger partial charge in [0.05, 0.1) is 0 Å². The summed E-state index contributed by atoms with van der Waals surface area (Å²) in [4.78, 5) is 38.0. The molecule has 6 nitrogen and oxygen atoms in total. The minimum Gasteiger partial charge on any atom is -0.462 e. The van der Waals surface area contributed by atoms with Crippen molar-refractivity contribution in [2.75, 3.05) is 13.2 Å². The Labute approximate surface area is 395 Å². The van der Waals surface area contributed by atoms with E-state index in [0.717, 1.165) is 116 Å². The lowest BCUT2D eigenvalue weighted by Crippen LogP contribution is -2.30.